The highest BCUT2D eigenvalue weighted by molar-refractivity contribution is 4.88. The van der Waals surface area contributed by atoms with E-state index in [0.717, 1.165) is 51.5 Å². The van der Waals surface area contributed by atoms with Gasteiger partial charge in [0.1, 0.15) is 12.2 Å². The summed E-state index contributed by atoms with van der Waals surface area (Å²) >= 11 is 0. The molecule has 2 heterocycles. The van der Waals surface area contributed by atoms with E-state index < -0.39 is 0 Å². The molecule has 1 aliphatic rings. The third kappa shape index (κ3) is 3.56. The van der Waals surface area contributed by atoms with Crippen molar-refractivity contribution in [2.45, 2.75) is 45.8 Å². The van der Waals surface area contributed by atoms with Gasteiger partial charge in [-0.3, -0.25) is 9.80 Å². The van der Waals surface area contributed by atoms with Crippen molar-refractivity contribution in [1.82, 2.24) is 24.6 Å². The van der Waals surface area contributed by atoms with E-state index in [-0.39, 0.29) is 0 Å². The van der Waals surface area contributed by atoms with Crippen LogP contribution in [-0.4, -0.2) is 63.3 Å². The standard InChI is InChI=1S/C14H28N6/c1-4-13(9-15)19-7-5-18(6-8-19)10-14-16-11-17-20(14)12(2)3/h11-13H,4-10,15H2,1-3H3. The summed E-state index contributed by atoms with van der Waals surface area (Å²) in [6, 6.07) is 0.909. The molecule has 0 aromatic carbocycles. The van der Waals surface area contributed by atoms with Gasteiger partial charge >= 0.3 is 0 Å². The Morgan fingerprint density at radius 1 is 1.25 bits per heavy atom. The van der Waals surface area contributed by atoms with Crippen LogP contribution in [0.2, 0.25) is 0 Å². The van der Waals surface area contributed by atoms with Gasteiger partial charge in [0.2, 0.25) is 0 Å². The summed E-state index contributed by atoms with van der Waals surface area (Å²) in [5, 5.41) is 4.30. The fourth-order valence-corrected chi connectivity index (χ4v) is 2.88. The molecule has 0 spiro atoms. The topological polar surface area (TPSA) is 63.2 Å². The van der Waals surface area contributed by atoms with Crippen LogP contribution in [0, 0.1) is 0 Å². The number of nitrogens with zero attached hydrogens (tertiary/aromatic N) is 5. The average Bonchev–Trinajstić information content (AvgIpc) is 2.90. The maximum Gasteiger partial charge on any atom is 0.141 e. The van der Waals surface area contributed by atoms with Crippen LogP contribution in [-0.2, 0) is 6.54 Å². The Morgan fingerprint density at radius 3 is 2.50 bits per heavy atom. The first-order valence-corrected chi connectivity index (χ1v) is 7.70. The highest BCUT2D eigenvalue weighted by Crippen LogP contribution is 2.12. The zero-order chi connectivity index (χ0) is 14.5. The molecule has 0 saturated carbocycles. The van der Waals surface area contributed by atoms with Gasteiger partial charge in [-0.05, 0) is 20.3 Å². The maximum atomic E-state index is 5.83. The first kappa shape index (κ1) is 15.4. The lowest BCUT2D eigenvalue weighted by atomic mass is 10.1. The first-order chi connectivity index (χ1) is 9.65. The first-order valence-electron chi connectivity index (χ1n) is 7.70. The van der Waals surface area contributed by atoms with Gasteiger partial charge in [0, 0.05) is 44.8 Å². The summed E-state index contributed by atoms with van der Waals surface area (Å²) < 4.78 is 2.01. The molecule has 2 N–H and O–H groups in total. The van der Waals surface area contributed by atoms with Gasteiger partial charge < -0.3 is 5.73 Å². The van der Waals surface area contributed by atoms with Crippen molar-refractivity contribution >= 4 is 0 Å². The predicted molar refractivity (Wildman–Crippen MR) is 80.4 cm³/mol. The second-order valence-electron chi connectivity index (χ2n) is 5.82. The lowest BCUT2D eigenvalue weighted by Crippen LogP contribution is -2.52. The number of hydrogen-bond donors (Lipinski definition) is 1. The van der Waals surface area contributed by atoms with E-state index in [0.29, 0.717) is 12.1 Å². The van der Waals surface area contributed by atoms with Crippen LogP contribution in [0.5, 0.6) is 0 Å². The molecule has 114 valence electrons. The van der Waals surface area contributed by atoms with E-state index in [2.05, 4.69) is 40.7 Å². The number of piperazine rings is 1. The SMILES string of the molecule is CCC(CN)N1CCN(Cc2ncnn2C(C)C)CC1. The maximum absolute atomic E-state index is 5.83. The molecule has 0 bridgehead atoms. The molecule has 2 rings (SSSR count). The lowest BCUT2D eigenvalue weighted by molar-refractivity contribution is 0.0899. The highest BCUT2D eigenvalue weighted by atomic mass is 15.4. The van der Waals surface area contributed by atoms with Crippen molar-refractivity contribution in [3.8, 4) is 0 Å². The van der Waals surface area contributed by atoms with Crippen LogP contribution in [0.4, 0.5) is 0 Å². The molecule has 20 heavy (non-hydrogen) atoms. The molecular formula is C14H28N6. The molecule has 1 atom stereocenters. The monoisotopic (exact) mass is 280 g/mol. The van der Waals surface area contributed by atoms with Crippen molar-refractivity contribution < 1.29 is 0 Å². The van der Waals surface area contributed by atoms with Crippen LogP contribution >= 0.6 is 0 Å². The van der Waals surface area contributed by atoms with Crippen LogP contribution < -0.4 is 5.73 Å². The van der Waals surface area contributed by atoms with Gasteiger partial charge in [-0.15, -0.1) is 0 Å². The minimum atomic E-state index is 0.371. The van der Waals surface area contributed by atoms with Gasteiger partial charge in [0.15, 0.2) is 0 Å². The Balaban J connectivity index is 1.87. The Morgan fingerprint density at radius 2 is 1.95 bits per heavy atom. The average molecular weight is 280 g/mol. The Hall–Kier alpha value is -0.980. The third-order valence-corrected chi connectivity index (χ3v) is 4.17. The summed E-state index contributed by atoms with van der Waals surface area (Å²) in [6.07, 6.45) is 2.80. The Labute approximate surface area is 121 Å². The minimum Gasteiger partial charge on any atom is -0.329 e. The van der Waals surface area contributed by atoms with Crippen molar-refractivity contribution in [3.05, 3.63) is 12.2 Å². The van der Waals surface area contributed by atoms with Gasteiger partial charge in [-0.25, -0.2) is 9.67 Å². The van der Waals surface area contributed by atoms with Crippen molar-refractivity contribution in [2.75, 3.05) is 32.7 Å². The van der Waals surface area contributed by atoms with Gasteiger partial charge in [-0.2, -0.15) is 5.10 Å². The van der Waals surface area contributed by atoms with Crippen LogP contribution in [0.15, 0.2) is 6.33 Å². The van der Waals surface area contributed by atoms with E-state index in [1.165, 1.54) is 0 Å². The number of aromatic nitrogens is 3. The summed E-state index contributed by atoms with van der Waals surface area (Å²) in [5.41, 5.74) is 5.83. The molecule has 1 aromatic rings. The summed E-state index contributed by atoms with van der Waals surface area (Å²) in [6.45, 7) is 12.5. The minimum absolute atomic E-state index is 0.371. The summed E-state index contributed by atoms with van der Waals surface area (Å²) in [5.74, 6) is 1.07. The summed E-state index contributed by atoms with van der Waals surface area (Å²) in [4.78, 5) is 9.37. The van der Waals surface area contributed by atoms with Crippen LogP contribution in [0.25, 0.3) is 0 Å². The predicted octanol–water partition coefficient (Wildman–Crippen LogP) is 0.714. The molecule has 0 amide bonds. The van der Waals surface area contributed by atoms with E-state index in [9.17, 15) is 0 Å². The normalized spacial score (nSPS) is 19.6. The van der Waals surface area contributed by atoms with Gasteiger partial charge in [0.25, 0.3) is 0 Å². The van der Waals surface area contributed by atoms with E-state index in [4.69, 9.17) is 5.73 Å². The third-order valence-electron chi connectivity index (χ3n) is 4.17. The van der Waals surface area contributed by atoms with Crippen molar-refractivity contribution in [1.29, 1.82) is 0 Å². The van der Waals surface area contributed by atoms with Crippen LogP contribution in [0.1, 0.15) is 39.1 Å². The quantitative estimate of drug-likeness (QED) is 0.831. The van der Waals surface area contributed by atoms with E-state index in [1.54, 1.807) is 6.33 Å². The molecule has 1 saturated heterocycles. The molecule has 0 radical (unpaired) electrons. The highest BCUT2D eigenvalue weighted by Gasteiger charge is 2.23. The second kappa shape index (κ2) is 7.15. The molecule has 6 heteroatoms. The van der Waals surface area contributed by atoms with Gasteiger partial charge in [0.05, 0.1) is 6.54 Å². The summed E-state index contributed by atoms with van der Waals surface area (Å²) in [7, 11) is 0. The van der Waals surface area contributed by atoms with Crippen molar-refractivity contribution in [3.63, 3.8) is 0 Å². The fourth-order valence-electron chi connectivity index (χ4n) is 2.88. The number of hydrogen-bond acceptors (Lipinski definition) is 5. The molecule has 1 aliphatic heterocycles. The lowest BCUT2D eigenvalue weighted by Gasteiger charge is -2.38. The number of rotatable bonds is 6. The molecule has 1 fully saturated rings. The Kier molecular flexibility index (Phi) is 5.51. The molecular weight excluding hydrogens is 252 g/mol. The molecule has 1 unspecified atom stereocenters. The zero-order valence-corrected chi connectivity index (χ0v) is 13.0. The smallest absolute Gasteiger partial charge is 0.141 e. The number of nitrogens with two attached hydrogens (primary N) is 1. The zero-order valence-electron chi connectivity index (χ0n) is 13.0. The molecule has 6 nitrogen and oxygen atoms in total. The van der Waals surface area contributed by atoms with Gasteiger partial charge in [-0.1, -0.05) is 6.92 Å². The van der Waals surface area contributed by atoms with E-state index >= 15 is 0 Å². The second-order valence-corrected chi connectivity index (χ2v) is 5.82. The molecule has 0 aliphatic carbocycles. The molecule has 1 aromatic heterocycles. The van der Waals surface area contributed by atoms with E-state index in [1.807, 2.05) is 4.68 Å². The largest absolute Gasteiger partial charge is 0.329 e. The Bertz CT molecular complexity index is 390. The van der Waals surface area contributed by atoms with Crippen molar-refractivity contribution in [2.24, 2.45) is 5.73 Å². The van der Waals surface area contributed by atoms with Crippen LogP contribution in [0.3, 0.4) is 0 Å². The fraction of sp³-hybridized carbons (Fsp3) is 0.857.